The second-order valence-corrected chi connectivity index (χ2v) is 5.90. The van der Waals surface area contributed by atoms with Crippen LogP contribution in [0.2, 0.25) is 5.02 Å². The lowest BCUT2D eigenvalue weighted by molar-refractivity contribution is -0.131. The summed E-state index contributed by atoms with van der Waals surface area (Å²) in [6.45, 7) is 3.09. The van der Waals surface area contributed by atoms with E-state index in [1.165, 1.54) is 0 Å². The maximum atomic E-state index is 12.1. The molecule has 22 heavy (non-hydrogen) atoms. The van der Waals surface area contributed by atoms with Crippen molar-refractivity contribution in [3.05, 3.63) is 29.3 Å². The first-order valence-electron chi connectivity index (χ1n) is 7.49. The van der Waals surface area contributed by atoms with Crippen molar-refractivity contribution >= 4 is 29.9 Å². The van der Waals surface area contributed by atoms with Gasteiger partial charge in [-0.05, 0) is 44.0 Å². The second-order valence-electron chi connectivity index (χ2n) is 5.49. The van der Waals surface area contributed by atoms with Gasteiger partial charge in [-0.3, -0.25) is 4.79 Å². The first-order chi connectivity index (χ1) is 10.2. The van der Waals surface area contributed by atoms with Gasteiger partial charge in [0.2, 0.25) is 5.91 Å². The van der Waals surface area contributed by atoms with Crippen molar-refractivity contribution in [2.45, 2.75) is 19.3 Å². The van der Waals surface area contributed by atoms with Crippen LogP contribution in [0.25, 0.3) is 0 Å². The predicted molar refractivity (Wildman–Crippen MR) is 92.0 cm³/mol. The lowest BCUT2D eigenvalue weighted by atomic mass is 9.94. The van der Waals surface area contributed by atoms with E-state index in [9.17, 15) is 4.79 Å². The molecule has 1 fully saturated rings. The molecule has 0 atom stereocenters. The Labute approximate surface area is 143 Å². The maximum absolute atomic E-state index is 12.1. The number of hydrogen-bond acceptors (Lipinski definition) is 3. The van der Waals surface area contributed by atoms with Gasteiger partial charge in [-0.15, -0.1) is 12.4 Å². The highest BCUT2D eigenvalue weighted by atomic mass is 35.5. The molecule has 0 unspecified atom stereocenters. The molecule has 0 saturated carbocycles. The van der Waals surface area contributed by atoms with Gasteiger partial charge in [-0.1, -0.05) is 23.7 Å². The number of nitrogens with zero attached hydrogens (tertiary/aromatic N) is 1. The molecule has 6 heteroatoms. The molecule has 0 aliphatic carbocycles. The normalized spacial score (nSPS) is 15.0. The molecular weight excluding hydrogens is 323 g/mol. The van der Waals surface area contributed by atoms with Crippen LogP contribution >= 0.6 is 24.0 Å². The Hall–Kier alpha value is -0.970. The monoisotopic (exact) mass is 346 g/mol. The molecule has 1 aliphatic rings. The average molecular weight is 347 g/mol. The van der Waals surface area contributed by atoms with Crippen LogP contribution < -0.4 is 10.1 Å². The van der Waals surface area contributed by atoms with Gasteiger partial charge in [0.15, 0.2) is 0 Å². The van der Waals surface area contributed by atoms with Crippen molar-refractivity contribution in [2.75, 3.05) is 33.3 Å². The zero-order valence-corrected chi connectivity index (χ0v) is 14.5. The molecule has 1 aromatic carbocycles. The quantitative estimate of drug-likeness (QED) is 0.860. The third-order valence-corrected chi connectivity index (χ3v) is 4.18. The Morgan fingerprint density at radius 3 is 2.73 bits per heavy atom. The molecular formula is C16H24Cl2N2O2. The van der Waals surface area contributed by atoms with Crippen molar-refractivity contribution < 1.29 is 9.53 Å². The molecule has 4 nitrogen and oxygen atoms in total. The van der Waals surface area contributed by atoms with E-state index in [1.54, 1.807) is 11.0 Å². The lowest BCUT2D eigenvalue weighted by Crippen LogP contribution is -2.35. The summed E-state index contributed by atoms with van der Waals surface area (Å²) in [5, 5.41) is 3.92. The third kappa shape index (κ3) is 6.03. The Kier molecular flexibility index (Phi) is 8.61. The fourth-order valence-corrected chi connectivity index (χ4v) is 2.66. The predicted octanol–water partition coefficient (Wildman–Crippen LogP) is 2.99. The minimum Gasteiger partial charge on any atom is -0.490 e. The van der Waals surface area contributed by atoms with Gasteiger partial charge >= 0.3 is 0 Å². The van der Waals surface area contributed by atoms with Gasteiger partial charge in [0.25, 0.3) is 0 Å². The number of para-hydroxylation sites is 1. The van der Waals surface area contributed by atoms with Crippen LogP contribution in [0.1, 0.15) is 19.3 Å². The van der Waals surface area contributed by atoms with E-state index in [1.807, 2.05) is 25.2 Å². The number of ether oxygens (including phenoxy) is 1. The van der Waals surface area contributed by atoms with Gasteiger partial charge in [0, 0.05) is 13.5 Å². The van der Waals surface area contributed by atoms with Crippen molar-refractivity contribution in [1.82, 2.24) is 10.2 Å². The highest BCUT2D eigenvalue weighted by Gasteiger charge is 2.18. The highest BCUT2D eigenvalue weighted by molar-refractivity contribution is 6.32. The van der Waals surface area contributed by atoms with Crippen LogP contribution in [-0.4, -0.2) is 44.1 Å². The molecule has 1 N–H and O–H groups in total. The summed E-state index contributed by atoms with van der Waals surface area (Å²) in [4.78, 5) is 13.9. The Morgan fingerprint density at radius 2 is 2.05 bits per heavy atom. The zero-order chi connectivity index (χ0) is 15.1. The number of carbonyl (C=O) groups is 1. The van der Waals surface area contributed by atoms with Crippen molar-refractivity contribution in [3.8, 4) is 5.75 Å². The number of rotatable bonds is 6. The highest BCUT2D eigenvalue weighted by Crippen LogP contribution is 2.23. The standard InChI is InChI=1S/C16H23ClN2O2.ClH/c1-19(16(20)12-13-6-8-18-9-7-13)10-11-21-15-5-3-2-4-14(15)17;/h2-5,13,18H,6-12H2,1H3;1H. The van der Waals surface area contributed by atoms with Crippen LogP contribution in [0, 0.1) is 5.92 Å². The summed E-state index contributed by atoms with van der Waals surface area (Å²) in [7, 11) is 1.83. The molecule has 2 rings (SSSR count). The van der Waals surface area contributed by atoms with Crippen LogP contribution in [0.15, 0.2) is 24.3 Å². The van der Waals surface area contributed by atoms with Crippen LogP contribution in [0.5, 0.6) is 5.75 Å². The summed E-state index contributed by atoms with van der Waals surface area (Å²) in [5.41, 5.74) is 0. The molecule has 1 aliphatic heterocycles. The van der Waals surface area contributed by atoms with E-state index in [-0.39, 0.29) is 18.3 Å². The van der Waals surface area contributed by atoms with Crippen molar-refractivity contribution in [2.24, 2.45) is 5.92 Å². The minimum atomic E-state index is 0. The molecule has 1 aromatic rings. The molecule has 0 radical (unpaired) electrons. The van der Waals surface area contributed by atoms with Gasteiger partial charge in [-0.2, -0.15) is 0 Å². The number of halogens is 2. The maximum Gasteiger partial charge on any atom is 0.222 e. The van der Waals surface area contributed by atoms with Crippen molar-refractivity contribution in [1.29, 1.82) is 0 Å². The second kappa shape index (κ2) is 9.93. The van der Waals surface area contributed by atoms with E-state index >= 15 is 0 Å². The van der Waals surface area contributed by atoms with E-state index in [4.69, 9.17) is 16.3 Å². The third-order valence-electron chi connectivity index (χ3n) is 3.87. The minimum absolute atomic E-state index is 0. The number of piperidine rings is 1. The number of amides is 1. The van der Waals surface area contributed by atoms with E-state index in [0.717, 1.165) is 25.9 Å². The first-order valence-corrected chi connectivity index (χ1v) is 7.86. The van der Waals surface area contributed by atoms with E-state index in [2.05, 4.69) is 5.32 Å². The Balaban J connectivity index is 0.00000242. The number of carbonyl (C=O) groups excluding carboxylic acids is 1. The number of hydrogen-bond donors (Lipinski definition) is 1. The van der Waals surface area contributed by atoms with Crippen LogP contribution in [0.4, 0.5) is 0 Å². The zero-order valence-electron chi connectivity index (χ0n) is 12.9. The summed E-state index contributed by atoms with van der Waals surface area (Å²) >= 11 is 6.02. The molecule has 1 saturated heterocycles. The number of nitrogens with one attached hydrogen (secondary N) is 1. The Bertz CT molecular complexity index is 465. The van der Waals surface area contributed by atoms with Gasteiger partial charge < -0.3 is 15.0 Å². The molecule has 124 valence electrons. The summed E-state index contributed by atoms with van der Waals surface area (Å²) in [6.07, 6.45) is 2.83. The average Bonchev–Trinajstić information content (AvgIpc) is 2.50. The molecule has 1 amide bonds. The van der Waals surface area contributed by atoms with Crippen LogP contribution in [0.3, 0.4) is 0 Å². The van der Waals surface area contributed by atoms with E-state index in [0.29, 0.717) is 36.3 Å². The van der Waals surface area contributed by atoms with Gasteiger partial charge in [0.05, 0.1) is 11.6 Å². The molecule has 0 bridgehead atoms. The summed E-state index contributed by atoms with van der Waals surface area (Å²) < 4.78 is 5.61. The number of benzene rings is 1. The topological polar surface area (TPSA) is 41.6 Å². The fourth-order valence-electron chi connectivity index (χ4n) is 2.47. The molecule has 1 heterocycles. The SMILES string of the molecule is CN(CCOc1ccccc1Cl)C(=O)CC1CCNCC1.Cl. The summed E-state index contributed by atoms with van der Waals surface area (Å²) in [6, 6.07) is 7.37. The van der Waals surface area contributed by atoms with E-state index < -0.39 is 0 Å². The first kappa shape index (κ1) is 19.1. The number of likely N-dealkylation sites (N-methyl/N-ethyl adjacent to an activating group) is 1. The van der Waals surface area contributed by atoms with Gasteiger partial charge in [-0.25, -0.2) is 0 Å². The van der Waals surface area contributed by atoms with Crippen LogP contribution in [-0.2, 0) is 4.79 Å². The molecule has 0 aromatic heterocycles. The smallest absolute Gasteiger partial charge is 0.222 e. The molecule has 0 spiro atoms. The fraction of sp³-hybridized carbons (Fsp3) is 0.562. The van der Waals surface area contributed by atoms with Gasteiger partial charge in [0.1, 0.15) is 12.4 Å². The Morgan fingerprint density at radius 1 is 1.36 bits per heavy atom. The lowest BCUT2D eigenvalue weighted by Gasteiger charge is -2.25. The summed E-state index contributed by atoms with van der Waals surface area (Å²) in [5.74, 6) is 1.38. The largest absolute Gasteiger partial charge is 0.490 e. The van der Waals surface area contributed by atoms with Crippen molar-refractivity contribution in [3.63, 3.8) is 0 Å².